The van der Waals surface area contributed by atoms with Gasteiger partial charge in [0.2, 0.25) is 5.91 Å². The van der Waals surface area contributed by atoms with Gasteiger partial charge in [-0.1, -0.05) is 28.3 Å². The number of methoxy groups -OCH3 is 1. The first-order valence-corrected chi connectivity index (χ1v) is 11.5. The number of hydrogen-bond donors (Lipinski definition) is 2. The summed E-state index contributed by atoms with van der Waals surface area (Å²) in [6.45, 7) is 2.68. The van der Waals surface area contributed by atoms with Gasteiger partial charge in [-0.25, -0.2) is 0 Å². The third-order valence-electron chi connectivity index (χ3n) is 4.35. The summed E-state index contributed by atoms with van der Waals surface area (Å²) in [6.07, 6.45) is -0.121. The van der Waals surface area contributed by atoms with E-state index in [1.54, 1.807) is 18.2 Å². The molecular weight excluding hydrogens is 505 g/mol. The number of benzene rings is 1. The number of nitrogens with zero attached hydrogens (tertiary/aromatic N) is 3. The second-order valence-corrected chi connectivity index (χ2v) is 7.89. The molecule has 0 saturated carbocycles. The molecule has 0 aliphatic rings. The summed E-state index contributed by atoms with van der Waals surface area (Å²) in [5, 5.41) is 6.79. The van der Waals surface area contributed by atoms with E-state index in [2.05, 4.69) is 15.3 Å². The molecule has 0 aliphatic heterocycles. The Morgan fingerprint density at radius 3 is 2.09 bits per heavy atom. The minimum Gasteiger partial charge on any atom is -0.469 e. The molecule has 0 aliphatic carbocycles. The highest BCUT2D eigenvalue weighted by Crippen LogP contribution is 2.25. The summed E-state index contributed by atoms with van der Waals surface area (Å²) in [6, 6.07) is 3.05. The van der Waals surface area contributed by atoms with Crippen LogP contribution in [0.5, 0.6) is 0 Å². The van der Waals surface area contributed by atoms with Crippen molar-refractivity contribution in [3.8, 4) is 0 Å². The first-order chi connectivity index (χ1) is 16.9. The van der Waals surface area contributed by atoms with Gasteiger partial charge < -0.3 is 34.7 Å². The number of esters is 1. The number of carbonyl (C=O) groups excluding carboxylic acids is 2. The lowest BCUT2D eigenvalue weighted by molar-refractivity contribution is -0.141. The second-order valence-electron chi connectivity index (χ2n) is 7.02. The fourth-order valence-electron chi connectivity index (χ4n) is 2.65. The van der Waals surface area contributed by atoms with Crippen LogP contribution in [0.15, 0.2) is 23.3 Å². The van der Waals surface area contributed by atoms with Gasteiger partial charge in [0.15, 0.2) is 0 Å². The van der Waals surface area contributed by atoms with Gasteiger partial charge in [-0.05, 0) is 29.3 Å². The number of azide groups is 1. The van der Waals surface area contributed by atoms with Crippen molar-refractivity contribution in [1.82, 2.24) is 5.32 Å². The molecule has 0 spiro atoms. The smallest absolute Gasteiger partial charge is 0.307 e. The van der Waals surface area contributed by atoms with Gasteiger partial charge in [0, 0.05) is 21.5 Å². The molecule has 14 heteroatoms. The van der Waals surface area contributed by atoms with Gasteiger partial charge >= 0.3 is 5.97 Å². The highest BCUT2D eigenvalue weighted by Gasteiger charge is 2.23. The van der Waals surface area contributed by atoms with Crippen LogP contribution in [0.3, 0.4) is 0 Å². The Labute approximate surface area is 213 Å². The van der Waals surface area contributed by atoms with E-state index in [9.17, 15) is 9.59 Å². The molecule has 0 bridgehead atoms. The van der Waals surface area contributed by atoms with E-state index in [0.29, 0.717) is 55.3 Å². The van der Waals surface area contributed by atoms with Crippen molar-refractivity contribution in [3.63, 3.8) is 0 Å². The SMILES string of the molecule is COC(=O)CC(NC(=O)[C@@H](N)COCCOCCOCCOCCN=[N+]=[N-])c1cc(Cl)cc(Cl)c1. The second kappa shape index (κ2) is 19.1. The number of amides is 1. The number of rotatable bonds is 19. The molecule has 35 heavy (non-hydrogen) atoms. The molecule has 1 rings (SSSR count). The molecule has 196 valence electrons. The van der Waals surface area contributed by atoms with Crippen LogP contribution >= 0.6 is 23.2 Å². The minimum atomic E-state index is -0.966. The molecular formula is C21H31Cl2N5O7. The van der Waals surface area contributed by atoms with Crippen LogP contribution < -0.4 is 11.1 Å². The first-order valence-electron chi connectivity index (χ1n) is 10.8. The summed E-state index contributed by atoms with van der Waals surface area (Å²) < 4.78 is 26.0. The fourth-order valence-corrected chi connectivity index (χ4v) is 3.20. The average Bonchev–Trinajstić information content (AvgIpc) is 2.82. The zero-order chi connectivity index (χ0) is 25.9. The summed E-state index contributed by atoms with van der Waals surface area (Å²) >= 11 is 12.1. The van der Waals surface area contributed by atoms with E-state index >= 15 is 0 Å². The number of hydrogen-bond acceptors (Lipinski definition) is 9. The zero-order valence-corrected chi connectivity index (χ0v) is 21.0. The van der Waals surface area contributed by atoms with Crippen LogP contribution in [-0.4, -0.2) is 84.4 Å². The lowest BCUT2D eigenvalue weighted by Crippen LogP contribution is -2.45. The monoisotopic (exact) mass is 535 g/mol. The van der Waals surface area contributed by atoms with Gasteiger partial charge in [-0.15, -0.1) is 0 Å². The molecule has 12 nitrogen and oxygen atoms in total. The van der Waals surface area contributed by atoms with Gasteiger partial charge in [0.25, 0.3) is 0 Å². The van der Waals surface area contributed by atoms with Crippen molar-refractivity contribution in [2.24, 2.45) is 10.8 Å². The third kappa shape index (κ3) is 14.8. The Morgan fingerprint density at radius 1 is 1.00 bits per heavy atom. The normalized spacial score (nSPS) is 12.5. The summed E-state index contributed by atoms with van der Waals surface area (Å²) in [4.78, 5) is 26.9. The van der Waals surface area contributed by atoms with Gasteiger partial charge in [-0.2, -0.15) is 0 Å². The van der Waals surface area contributed by atoms with Crippen molar-refractivity contribution in [3.05, 3.63) is 44.3 Å². The molecule has 3 N–H and O–H groups in total. The number of nitrogens with two attached hydrogens (primary N) is 1. The lowest BCUT2D eigenvalue weighted by Gasteiger charge is -2.21. The molecule has 0 heterocycles. The molecule has 0 fully saturated rings. The zero-order valence-electron chi connectivity index (χ0n) is 19.5. The van der Waals surface area contributed by atoms with Crippen molar-refractivity contribution in [2.75, 3.05) is 66.5 Å². The van der Waals surface area contributed by atoms with Crippen LogP contribution in [-0.2, 0) is 33.3 Å². The van der Waals surface area contributed by atoms with E-state index in [4.69, 9.17) is 58.2 Å². The number of carbonyl (C=O) groups is 2. The van der Waals surface area contributed by atoms with E-state index < -0.39 is 24.0 Å². The predicted octanol–water partition coefficient (Wildman–Crippen LogP) is 2.42. The first kappa shape index (κ1) is 30.9. The van der Waals surface area contributed by atoms with Crippen LogP contribution in [0.25, 0.3) is 10.4 Å². The Balaban J connectivity index is 2.25. The molecule has 1 aromatic carbocycles. The summed E-state index contributed by atoms with van der Waals surface area (Å²) in [5.74, 6) is -1.03. The fraction of sp³-hybridized carbons (Fsp3) is 0.619. The van der Waals surface area contributed by atoms with Crippen LogP contribution in [0.4, 0.5) is 0 Å². The molecule has 1 aromatic rings. The summed E-state index contributed by atoms with van der Waals surface area (Å²) in [7, 11) is 1.25. The quantitative estimate of drug-likeness (QED) is 0.0894. The lowest BCUT2D eigenvalue weighted by atomic mass is 10.0. The topological polar surface area (TPSA) is 167 Å². The minimum absolute atomic E-state index is 0.0415. The van der Waals surface area contributed by atoms with Crippen molar-refractivity contribution in [2.45, 2.75) is 18.5 Å². The maximum atomic E-state index is 12.5. The van der Waals surface area contributed by atoms with E-state index in [-0.39, 0.29) is 26.2 Å². The summed E-state index contributed by atoms with van der Waals surface area (Å²) in [5.41, 5.74) is 14.6. The number of halogens is 2. The largest absolute Gasteiger partial charge is 0.469 e. The third-order valence-corrected chi connectivity index (χ3v) is 4.79. The average molecular weight is 536 g/mol. The van der Waals surface area contributed by atoms with Crippen LogP contribution in [0.1, 0.15) is 18.0 Å². The Morgan fingerprint density at radius 2 is 1.54 bits per heavy atom. The standard InChI is InChI=1S/C21H31Cl2N5O7/c1-31-20(29)13-19(15-10-16(22)12-17(23)11-15)27-21(30)18(24)14-35-9-8-34-7-6-33-5-4-32-3-2-26-28-25/h10-12,18-19H,2-9,13-14,24H2,1H3,(H,27,30)/t18-,19?/m0/s1. The van der Waals surface area contributed by atoms with E-state index in [1.165, 1.54) is 7.11 Å². The van der Waals surface area contributed by atoms with E-state index in [1.807, 2.05) is 0 Å². The molecule has 1 unspecified atom stereocenters. The van der Waals surface area contributed by atoms with Crippen molar-refractivity contribution in [1.29, 1.82) is 0 Å². The van der Waals surface area contributed by atoms with Crippen molar-refractivity contribution >= 4 is 35.1 Å². The van der Waals surface area contributed by atoms with Crippen molar-refractivity contribution < 1.29 is 33.3 Å². The molecule has 1 amide bonds. The number of nitrogens with one attached hydrogen (secondary N) is 1. The Hall–Kier alpha value is -2.15. The molecule has 0 saturated heterocycles. The molecule has 0 aromatic heterocycles. The molecule has 2 atom stereocenters. The number of ether oxygens (including phenoxy) is 5. The van der Waals surface area contributed by atoms with Gasteiger partial charge in [0.1, 0.15) is 6.04 Å². The highest BCUT2D eigenvalue weighted by molar-refractivity contribution is 6.34. The van der Waals surface area contributed by atoms with Gasteiger partial charge in [0.05, 0.1) is 72.4 Å². The maximum Gasteiger partial charge on any atom is 0.307 e. The van der Waals surface area contributed by atoms with Gasteiger partial charge in [-0.3, -0.25) is 9.59 Å². The Bertz CT molecular complexity index is 807. The maximum absolute atomic E-state index is 12.5. The highest BCUT2D eigenvalue weighted by atomic mass is 35.5. The van der Waals surface area contributed by atoms with Crippen LogP contribution in [0.2, 0.25) is 10.0 Å². The van der Waals surface area contributed by atoms with E-state index in [0.717, 1.165) is 0 Å². The molecule has 0 radical (unpaired) electrons. The predicted molar refractivity (Wildman–Crippen MR) is 129 cm³/mol. The van der Waals surface area contributed by atoms with Crippen LogP contribution in [0, 0.1) is 0 Å². The Kier molecular flexibility index (Phi) is 16.8.